The van der Waals surface area contributed by atoms with Gasteiger partial charge in [-0.15, -0.1) is 11.8 Å². The van der Waals surface area contributed by atoms with Crippen molar-refractivity contribution in [2.45, 2.75) is 17.4 Å². The predicted octanol–water partition coefficient (Wildman–Crippen LogP) is 3.86. The van der Waals surface area contributed by atoms with Gasteiger partial charge in [0.2, 0.25) is 0 Å². The highest BCUT2D eigenvalue weighted by atomic mass is 32.2. The van der Waals surface area contributed by atoms with Gasteiger partial charge in [-0.2, -0.15) is 5.10 Å². The smallest absolute Gasteiger partial charge is 0.118 e. The molecule has 1 unspecified atom stereocenters. The zero-order chi connectivity index (χ0) is 14.7. The van der Waals surface area contributed by atoms with E-state index >= 15 is 0 Å². The molecule has 0 saturated heterocycles. The molecule has 0 saturated carbocycles. The van der Waals surface area contributed by atoms with E-state index in [0.717, 1.165) is 17.9 Å². The van der Waals surface area contributed by atoms with Crippen molar-refractivity contribution in [2.24, 2.45) is 5.10 Å². The number of rotatable bonds is 4. The van der Waals surface area contributed by atoms with E-state index in [1.54, 1.807) is 18.9 Å². The van der Waals surface area contributed by atoms with Crippen molar-refractivity contribution < 1.29 is 4.74 Å². The van der Waals surface area contributed by atoms with Crippen molar-refractivity contribution in [1.82, 2.24) is 5.43 Å². The normalized spacial score (nSPS) is 17.2. The van der Waals surface area contributed by atoms with Gasteiger partial charge in [-0.05, 0) is 41.6 Å². The van der Waals surface area contributed by atoms with Crippen LogP contribution in [0.4, 0.5) is 0 Å². The quantitative estimate of drug-likeness (QED) is 0.870. The average Bonchev–Trinajstić information content (AvgIpc) is 3.05. The fourth-order valence-electron chi connectivity index (χ4n) is 2.43. The topological polar surface area (TPSA) is 33.6 Å². The van der Waals surface area contributed by atoms with Crippen molar-refractivity contribution in [2.75, 3.05) is 13.4 Å². The van der Waals surface area contributed by atoms with Gasteiger partial charge in [0.25, 0.3) is 0 Å². The summed E-state index contributed by atoms with van der Waals surface area (Å²) >= 11 is 1.75. The zero-order valence-electron chi connectivity index (χ0n) is 12.2. The first-order valence-corrected chi connectivity index (χ1v) is 8.13. The van der Waals surface area contributed by atoms with Crippen LogP contribution in [-0.2, 0) is 0 Å². The Balaban J connectivity index is 1.71. The summed E-state index contributed by atoms with van der Waals surface area (Å²) in [4.78, 5) is 1.28. The fourth-order valence-corrected chi connectivity index (χ4v) is 2.84. The van der Waals surface area contributed by atoms with Crippen LogP contribution in [-0.4, -0.2) is 19.1 Å². The molecule has 4 heteroatoms. The van der Waals surface area contributed by atoms with Gasteiger partial charge in [-0.3, -0.25) is 0 Å². The maximum Gasteiger partial charge on any atom is 0.118 e. The molecule has 2 aromatic carbocycles. The summed E-state index contributed by atoms with van der Waals surface area (Å²) in [6.45, 7) is 0. The minimum absolute atomic E-state index is 0.242. The second kappa shape index (κ2) is 6.22. The van der Waals surface area contributed by atoms with Crippen molar-refractivity contribution in [3.63, 3.8) is 0 Å². The first-order valence-electron chi connectivity index (χ1n) is 6.90. The third kappa shape index (κ3) is 3.05. The fraction of sp³-hybridized carbons (Fsp3) is 0.235. The number of ether oxygens (including phenoxy) is 1. The standard InChI is InChI=1S/C17H18N2OS/c1-20-14-7-3-12(4-8-14)16-11-17(19-18-16)13-5-9-15(21-2)10-6-13/h3-10,16,18H,11H2,1-2H3. The molecule has 1 atom stereocenters. The molecule has 108 valence electrons. The molecule has 1 heterocycles. The van der Waals surface area contributed by atoms with Crippen LogP contribution in [0.25, 0.3) is 0 Å². The van der Waals surface area contributed by atoms with E-state index in [0.29, 0.717) is 0 Å². The number of hydrogen-bond donors (Lipinski definition) is 1. The second-order valence-corrected chi connectivity index (χ2v) is 5.83. The number of methoxy groups -OCH3 is 1. The Labute approximate surface area is 129 Å². The van der Waals surface area contributed by atoms with Crippen LogP contribution in [0, 0.1) is 0 Å². The van der Waals surface area contributed by atoms with E-state index in [1.807, 2.05) is 12.1 Å². The van der Waals surface area contributed by atoms with E-state index < -0.39 is 0 Å². The molecule has 1 N–H and O–H groups in total. The Bertz CT molecular complexity index is 635. The number of hydrazone groups is 1. The lowest BCUT2D eigenvalue weighted by molar-refractivity contribution is 0.414. The minimum Gasteiger partial charge on any atom is -0.497 e. The Morgan fingerprint density at radius 3 is 2.43 bits per heavy atom. The summed E-state index contributed by atoms with van der Waals surface area (Å²) in [7, 11) is 1.68. The largest absolute Gasteiger partial charge is 0.497 e. The third-order valence-corrected chi connectivity index (χ3v) is 4.44. The molecule has 3 rings (SSSR count). The van der Waals surface area contributed by atoms with Gasteiger partial charge in [0, 0.05) is 11.3 Å². The monoisotopic (exact) mass is 298 g/mol. The Morgan fingerprint density at radius 1 is 1.10 bits per heavy atom. The lowest BCUT2D eigenvalue weighted by atomic mass is 9.99. The second-order valence-electron chi connectivity index (χ2n) is 4.95. The van der Waals surface area contributed by atoms with Gasteiger partial charge in [0.05, 0.1) is 18.9 Å². The van der Waals surface area contributed by atoms with Gasteiger partial charge < -0.3 is 10.2 Å². The Kier molecular flexibility index (Phi) is 4.15. The molecule has 21 heavy (non-hydrogen) atoms. The average molecular weight is 298 g/mol. The van der Waals surface area contributed by atoms with Gasteiger partial charge in [-0.1, -0.05) is 24.3 Å². The van der Waals surface area contributed by atoms with Crippen LogP contribution in [0.15, 0.2) is 58.5 Å². The highest BCUT2D eigenvalue weighted by Crippen LogP contribution is 2.26. The van der Waals surface area contributed by atoms with E-state index in [1.165, 1.54) is 16.0 Å². The van der Waals surface area contributed by atoms with Crippen LogP contribution >= 0.6 is 11.8 Å². The first-order chi connectivity index (χ1) is 10.3. The van der Waals surface area contributed by atoms with Crippen LogP contribution < -0.4 is 10.2 Å². The molecule has 0 radical (unpaired) electrons. The van der Waals surface area contributed by atoms with Crippen LogP contribution in [0.2, 0.25) is 0 Å². The van der Waals surface area contributed by atoms with Gasteiger partial charge in [0.1, 0.15) is 5.75 Å². The van der Waals surface area contributed by atoms with E-state index in [2.05, 4.69) is 53.2 Å². The molecular weight excluding hydrogens is 280 g/mol. The summed E-state index contributed by atoms with van der Waals surface area (Å²) in [5, 5.41) is 4.49. The maximum atomic E-state index is 5.19. The zero-order valence-corrected chi connectivity index (χ0v) is 13.0. The molecule has 1 aliphatic heterocycles. The molecule has 1 aliphatic rings. The van der Waals surface area contributed by atoms with Crippen molar-refractivity contribution in [1.29, 1.82) is 0 Å². The van der Waals surface area contributed by atoms with E-state index in [-0.39, 0.29) is 6.04 Å². The Morgan fingerprint density at radius 2 is 1.81 bits per heavy atom. The summed E-state index contributed by atoms with van der Waals surface area (Å²) in [5.74, 6) is 0.880. The van der Waals surface area contributed by atoms with Crippen molar-refractivity contribution in [3.8, 4) is 5.75 Å². The highest BCUT2D eigenvalue weighted by molar-refractivity contribution is 7.98. The Hall–Kier alpha value is -1.94. The summed E-state index contributed by atoms with van der Waals surface area (Å²) in [6, 6.07) is 17.0. The molecule has 0 fully saturated rings. The lowest BCUT2D eigenvalue weighted by Crippen LogP contribution is -2.09. The number of benzene rings is 2. The van der Waals surface area contributed by atoms with Gasteiger partial charge >= 0.3 is 0 Å². The van der Waals surface area contributed by atoms with Crippen LogP contribution in [0.1, 0.15) is 23.6 Å². The molecule has 0 aromatic heterocycles. The predicted molar refractivity (Wildman–Crippen MR) is 88.2 cm³/mol. The summed E-state index contributed by atoms with van der Waals surface area (Å²) in [6.07, 6.45) is 2.99. The van der Waals surface area contributed by atoms with Crippen LogP contribution in [0.5, 0.6) is 5.75 Å². The molecule has 0 spiro atoms. The number of thioether (sulfide) groups is 1. The van der Waals surface area contributed by atoms with Crippen LogP contribution in [0.3, 0.4) is 0 Å². The molecule has 3 nitrogen and oxygen atoms in total. The minimum atomic E-state index is 0.242. The lowest BCUT2D eigenvalue weighted by Gasteiger charge is -2.10. The molecule has 0 amide bonds. The highest BCUT2D eigenvalue weighted by Gasteiger charge is 2.21. The summed E-state index contributed by atoms with van der Waals surface area (Å²) in [5.41, 5.74) is 6.77. The molecule has 0 bridgehead atoms. The number of nitrogens with zero attached hydrogens (tertiary/aromatic N) is 1. The van der Waals surface area contributed by atoms with Crippen molar-refractivity contribution in [3.05, 3.63) is 59.7 Å². The first kappa shape index (κ1) is 14.0. The summed E-state index contributed by atoms with van der Waals surface area (Å²) < 4.78 is 5.19. The molecule has 2 aromatic rings. The maximum absolute atomic E-state index is 5.19. The third-order valence-electron chi connectivity index (χ3n) is 3.69. The van der Waals surface area contributed by atoms with E-state index in [4.69, 9.17) is 4.74 Å². The number of hydrogen-bond acceptors (Lipinski definition) is 4. The van der Waals surface area contributed by atoms with E-state index in [9.17, 15) is 0 Å². The van der Waals surface area contributed by atoms with Gasteiger partial charge in [0.15, 0.2) is 0 Å². The van der Waals surface area contributed by atoms with Crippen molar-refractivity contribution >= 4 is 17.5 Å². The molecular formula is C17H18N2OS. The number of nitrogens with one attached hydrogen (secondary N) is 1. The van der Waals surface area contributed by atoms with Gasteiger partial charge in [-0.25, -0.2) is 0 Å². The molecule has 0 aliphatic carbocycles. The SMILES string of the molecule is COc1ccc(C2CC(c3ccc(SC)cc3)=NN2)cc1.